The zero-order chi connectivity index (χ0) is 16.2. The van der Waals surface area contributed by atoms with Gasteiger partial charge in [-0.05, 0) is 51.0 Å². The summed E-state index contributed by atoms with van der Waals surface area (Å²) in [5.74, 6) is -0.0949. The fourth-order valence-corrected chi connectivity index (χ4v) is 3.47. The first-order valence-electron chi connectivity index (χ1n) is 8.67. The van der Waals surface area contributed by atoms with Gasteiger partial charge in [-0.1, -0.05) is 0 Å². The second-order valence-corrected chi connectivity index (χ2v) is 6.41. The number of piperidine rings is 1. The van der Waals surface area contributed by atoms with Crippen LogP contribution in [0.4, 0.5) is 0 Å². The van der Waals surface area contributed by atoms with Gasteiger partial charge in [0.15, 0.2) is 0 Å². The van der Waals surface area contributed by atoms with Gasteiger partial charge in [-0.3, -0.25) is 14.3 Å². The van der Waals surface area contributed by atoms with Gasteiger partial charge < -0.3 is 9.64 Å². The third kappa shape index (κ3) is 3.74. The molecule has 1 aliphatic heterocycles. The average molecular weight is 319 g/mol. The maximum absolute atomic E-state index is 12.4. The minimum Gasteiger partial charge on any atom is -0.466 e. The highest BCUT2D eigenvalue weighted by Crippen LogP contribution is 2.21. The molecule has 126 valence electrons. The lowest BCUT2D eigenvalue weighted by molar-refractivity contribution is -0.151. The normalized spacial score (nSPS) is 18.6. The quantitative estimate of drug-likeness (QED) is 0.790. The Balaban J connectivity index is 1.51. The van der Waals surface area contributed by atoms with Crippen LogP contribution in [0, 0.1) is 5.92 Å². The third-order valence-electron chi connectivity index (χ3n) is 4.80. The topological polar surface area (TPSA) is 64.4 Å². The number of ether oxygens (including phenoxy) is 1. The molecule has 1 saturated heterocycles. The molecule has 3 rings (SSSR count). The van der Waals surface area contributed by atoms with Gasteiger partial charge in [0.1, 0.15) is 6.54 Å². The Hall–Kier alpha value is -1.85. The molecule has 1 aliphatic carbocycles. The molecular weight excluding hydrogens is 294 g/mol. The summed E-state index contributed by atoms with van der Waals surface area (Å²) in [5, 5.41) is 4.55. The molecule has 2 aliphatic rings. The van der Waals surface area contributed by atoms with Crippen molar-refractivity contribution in [1.29, 1.82) is 0 Å². The van der Waals surface area contributed by atoms with Crippen LogP contribution in [0.2, 0.25) is 0 Å². The molecule has 0 saturated carbocycles. The van der Waals surface area contributed by atoms with Gasteiger partial charge in [-0.15, -0.1) is 0 Å². The molecule has 23 heavy (non-hydrogen) atoms. The molecule has 6 heteroatoms. The van der Waals surface area contributed by atoms with Crippen LogP contribution in [-0.4, -0.2) is 46.3 Å². The second-order valence-electron chi connectivity index (χ2n) is 6.41. The Kier molecular flexibility index (Phi) is 4.98. The number of aryl methyl sites for hydroxylation is 2. The number of esters is 1. The van der Waals surface area contributed by atoms with Crippen LogP contribution < -0.4 is 0 Å². The Morgan fingerprint density at radius 3 is 2.70 bits per heavy atom. The molecule has 0 aromatic carbocycles. The largest absolute Gasteiger partial charge is 0.466 e. The van der Waals surface area contributed by atoms with E-state index in [9.17, 15) is 9.59 Å². The van der Waals surface area contributed by atoms with Crippen LogP contribution in [-0.2, 0) is 33.7 Å². The third-order valence-corrected chi connectivity index (χ3v) is 4.80. The first-order chi connectivity index (χ1) is 11.2. The van der Waals surface area contributed by atoms with Crippen LogP contribution in [0.15, 0.2) is 6.20 Å². The van der Waals surface area contributed by atoms with E-state index in [-0.39, 0.29) is 17.8 Å². The summed E-state index contributed by atoms with van der Waals surface area (Å²) in [6, 6.07) is 0. The summed E-state index contributed by atoms with van der Waals surface area (Å²) < 4.78 is 6.85. The second kappa shape index (κ2) is 7.15. The predicted molar refractivity (Wildman–Crippen MR) is 84.8 cm³/mol. The van der Waals surface area contributed by atoms with E-state index in [2.05, 4.69) is 5.10 Å². The van der Waals surface area contributed by atoms with Crippen molar-refractivity contribution in [3.05, 3.63) is 17.5 Å². The highest BCUT2D eigenvalue weighted by atomic mass is 16.5. The maximum atomic E-state index is 12.4. The van der Waals surface area contributed by atoms with E-state index in [1.54, 1.807) is 4.68 Å². The smallest absolute Gasteiger partial charge is 0.309 e. The number of rotatable bonds is 4. The molecule has 1 fully saturated rings. The van der Waals surface area contributed by atoms with Crippen LogP contribution in [0.3, 0.4) is 0 Å². The first-order valence-corrected chi connectivity index (χ1v) is 8.67. The summed E-state index contributed by atoms with van der Waals surface area (Å²) in [6.45, 7) is 3.80. The van der Waals surface area contributed by atoms with Crippen molar-refractivity contribution in [1.82, 2.24) is 14.7 Å². The number of amides is 1. The summed E-state index contributed by atoms with van der Waals surface area (Å²) in [6.07, 6.45) is 7.93. The Morgan fingerprint density at radius 2 is 2.00 bits per heavy atom. The summed E-state index contributed by atoms with van der Waals surface area (Å²) in [7, 11) is 0. The monoisotopic (exact) mass is 319 g/mol. The van der Waals surface area contributed by atoms with Gasteiger partial charge in [0.05, 0.1) is 18.2 Å². The fraction of sp³-hybridized carbons (Fsp3) is 0.706. The van der Waals surface area contributed by atoms with E-state index in [0.29, 0.717) is 39.1 Å². The highest BCUT2D eigenvalue weighted by Gasteiger charge is 2.28. The minimum atomic E-state index is -0.126. The van der Waals surface area contributed by atoms with Gasteiger partial charge in [-0.2, -0.15) is 5.10 Å². The molecule has 1 aromatic rings. The lowest BCUT2D eigenvalue weighted by atomic mass is 9.97. The Labute approximate surface area is 136 Å². The molecule has 0 unspecified atom stereocenters. The van der Waals surface area contributed by atoms with E-state index in [1.807, 2.05) is 18.0 Å². The predicted octanol–water partition coefficient (Wildman–Crippen LogP) is 1.56. The van der Waals surface area contributed by atoms with Gasteiger partial charge in [0.25, 0.3) is 0 Å². The maximum Gasteiger partial charge on any atom is 0.309 e. The van der Waals surface area contributed by atoms with Crippen LogP contribution >= 0.6 is 0 Å². The average Bonchev–Trinajstić information content (AvgIpc) is 2.97. The van der Waals surface area contributed by atoms with E-state index in [1.165, 1.54) is 18.4 Å². The van der Waals surface area contributed by atoms with Gasteiger partial charge in [0.2, 0.25) is 5.91 Å². The van der Waals surface area contributed by atoms with Gasteiger partial charge >= 0.3 is 5.97 Å². The number of nitrogens with zero attached hydrogens (tertiary/aromatic N) is 3. The standard InChI is InChI=1S/C17H25N3O3/c1-2-23-17(22)13-7-9-19(10-8-13)16(21)12-20-11-14-5-3-4-6-15(14)18-20/h11,13H,2-10,12H2,1H3. The van der Waals surface area contributed by atoms with Crippen molar-refractivity contribution < 1.29 is 14.3 Å². The number of carbonyl (C=O) groups is 2. The Bertz CT molecular complexity index is 550. The molecule has 6 nitrogen and oxygen atoms in total. The van der Waals surface area contributed by atoms with Crippen molar-refractivity contribution in [2.24, 2.45) is 5.92 Å². The lowest BCUT2D eigenvalue weighted by Gasteiger charge is -2.30. The van der Waals surface area contributed by atoms with Crippen molar-refractivity contribution >= 4 is 11.9 Å². The number of carbonyl (C=O) groups excluding carboxylic acids is 2. The number of hydrogen-bond acceptors (Lipinski definition) is 4. The molecular formula is C17H25N3O3. The summed E-state index contributed by atoms with van der Waals surface area (Å²) in [4.78, 5) is 26.0. The molecule has 2 heterocycles. The van der Waals surface area contributed by atoms with Crippen LogP contribution in [0.25, 0.3) is 0 Å². The SMILES string of the molecule is CCOC(=O)C1CCN(C(=O)Cn2cc3c(n2)CCCC3)CC1. The number of likely N-dealkylation sites (tertiary alicyclic amines) is 1. The Morgan fingerprint density at radius 1 is 1.26 bits per heavy atom. The van der Waals surface area contributed by atoms with Crippen molar-refractivity contribution in [3.8, 4) is 0 Å². The molecule has 1 amide bonds. The fourth-order valence-electron chi connectivity index (χ4n) is 3.47. The van der Waals surface area contributed by atoms with Crippen molar-refractivity contribution in [3.63, 3.8) is 0 Å². The minimum absolute atomic E-state index is 0.0592. The molecule has 0 atom stereocenters. The zero-order valence-corrected chi connectivity index (χ0v) is 13.8. The van der Waals surface area contributed by atoms with E-state index in [0.717, 1.165) is 18.5 Å². The lowest BCUT2D eigenvalue weighted by Crippen LogP contribution is -2.42. The van der Waals surface area contributed by atoms with Gasteiger partial charge in [-0.25, -0.2) is 0 Å². The molecule has 0 N–H and O–H groups in total. The number of fused-ring (bicyclic) bond motifs is 1. The first kappa shape index (κ1) is 16.0. The molecule has 1 aromatic heterocycles. The van der Waals surface area contributed by atoms with Crippen molar-refractivity contribution in [2.75, 3.05) is 19.7 Å². The molecule has 0 radical (unpaired) electrons. The van der Waals surface area contributed by atoms with E-state index >= 15 is 0 Å². The van der Waals surface area contributed by atoms with E-state index < -0.39 is 0 Å². The molecule has 0 spiro atoms. The number of hydrogen-bond donors (Lipinski definition) is 0. The van der Waals surface area contributed by atoms with Crippen molar-refractivity contribution in [2.45, 2.75) is 52.0 Å². The van der Waals surface area contributed by atoms with E-state index in [4.69, 9.17) is 4.74 Å². The molecule has 0 bridgehead atoms. The zero-order valence-electron chi connectivity index (χ0n) is 13.8. The van der Waals surface area contributed by atoms with Gasteiger partial charge in [0, 0.05) is 19.3 Å². The van der Waals surface area contributed by atoms with Crippen LogP contribution in [0.1, 0.15) is 43.9 Å². The van der Waals surface area contributed by atoms with Crippen LogP contribution in [0.5, 0.6) is 0 Å². The summed E-state index contributed by atoms with van der Waals surface area (Å²) in [5.41, 5.74) is 2.45. The number of aromatic nitrogens is 2. The summed E-state index contributed by atoms with van der Waals surface area (Å²) >= 11 is 0. The highest BCUT2D eigenvalue weighted by molar-refractivity contribution is 5.77.